The third kappa shape index (κ3) is 7.27. The first-order chi connectivity index (χ1) is 20.5. The molecule has 1 heterocycles. The number of halogens is 2. The average molecular weight is 752 g/mol. The predicted molar refractivity (Wildman–Crippen MR) is 177 cm³/mol. The van der Waals surface area contributed by atoms with Crippen LogP contribution >= 0.6 is 34.2 Å². The molecule has 0 saturated carbocycles. The van der Waals surface area contributed by atoms with Gasteiger partial charge in [-0.05, 0) is 95.1 Å². The molecule has 44 heavy (non-hydrogen) atoms. The zero-order valence-electron chi connectivity index (χ0n) is 24.8. The van der Waals surface area contributed by atoms with E-state index in [-0.39, 0.29) is 40.9 Å². The van der Waals surface area contributed by atoms with E-state index in [4.69, 9.17) is 11.6 Å². The van der Waals surface area contributed by atoms with Crippen LogP contribution in [0, 0.1) is 14.9 Å². The van der Waals surface area contributed by atoms with E-state index in [1.54, 1.807) is 41.3 Å². The monoisotopic (exact) mass is 751 g/mol. The van der Waals surface area contributed by atoms with E-state index in [0.717, 1.165) is 9.13 Å². The summed E-state index contributed by atoms with van der Waals surface area (Å²) in [5.74, 6) is -2.02. The maximum absolute atomic E-state index is 13.8. The minimum atomic E-state index is -4.13. The molecule has 0 spiro atoms. The minimum absolute atomic E-state index is 0.0292. The molecule has 1 aliphatic rings. The van der Waals surface area contributed by atoms with Gasteiger partial charge in [-0.1, -0.05) is 57.5 Å². The highest BCUT2D eigenvalue weighted by atomic mass is 127. The summed E-state index contributed by atoms with van der Waals surface area (Å²) in [6.45, 7) is 7.99. The van der Waals surface area contributed by atoms with Crippen molar-refractivity contribution in [1.82, 2.24) is 14.9 Å². The molecule has 234 valence electrons. The van der Waals surface area contributed by atoms with Gasteiger partial charge in [0.2, 0.25) is 5.91 Å². The molecule has 0 unspecified atom stereocenters. The summed E-state index contributed by atoms with van der Waals surface area (Å²) >= 11 is 8.09. The highest BCUT2D eigenvalue weighted by molar-refractivity contribution is 14.1. The molecule has 1 fully saturated rings. The number of piperidine rings is 1. The first kappa shape index (κ1) is 33.9. The Balaban J connectivity index is 1.47. The lowest BCUT2D eigenvalue weighted by Gasteiger charge is -2.51. The Bertz CT molecular complexity index is 1660. The van der Waals surface area contributed by atoms with Crippen molar-refractivity contribution in [3.05, 3.63) is 98.1 Å². The molecule has 3 N–H and O–H groups in total. The number of nitrogens with one attached hydrogen (secondary N) is 2. The minimum Gasteiger partial charge on any atom is -0.384 e. The van der Waals surface area contributed by atoms with Crippen molar-refractivity contribution in [3.63, 3.8) is 0 Å². The molecule has 0 aliphatic carbocycles. The Morgan fingerprint density at radius 2 is 1.55 bits per heavy atom. The summed E-state index contributed by atoms with van der Waals surface area (Å²) in [6.07, 6.45) is 0.300. The van der Waals surface area contributed by atoms with Crippen LogP contribution in [0.5, 0.6) is 0 Å². The van der Waals surface area contributed by atoms with Gasteiger partial charge in [-0.15, -0.1) is 0 Å². The fourth-order valence-corrected chi connectivity index (χ4v) is 6.82. The van der Waals surface area contributed by atoms with Gasteiger partial charge in [0.05, 0.1) is 10.5 Å². The highest BCUT2D eigenvalue weighted by Gasteiger charge is 2.50. The number of sulfonamides is 1. The fourth-order valence-electron chi connectivity index (χ4n) is 5.36. The first-order valence-corrected chi connectivity index (χ1v) is 17.0. The number of likely N-dealkylation sites (tertiary alicyclic amines) is 1. The number of hydrogen-bond donors (Lipinski definition) is 3. The van der Waals surface area contributed by atoms with Crippen LogP contribution in [0.3, 0.4) is 0 Å². The zero-order valence-corrected chi connectivity index (χ0v) is 28.5. The highest BCUT2D eigenvalue weighted by Crippen LogP contribution is 2.46. The van der Waals surface area contributed by atoms with Crippen molar-refractivity contribution in [2.24, 2.45) is 11.3 Å². The van der Waals surface area contributed by atoms with E-state index in [2.05, 4.69) is 5.32 Å². The van der Waals surface area contributed by atoms with Crippen molar-refractivity contribution in [2.75, 3.05) is 13.1 Å². The SMILES string of the molecule is CC(C)[C@@H](NC(=O)c1cccc(C(=O)NS(=O)(=O)c2ccc(I)cc2)c1)C(=O)N1CC[C@](O)(c2ccc(Cl)cc2)C(C)(C)C1. The van der Waals surface area contributed by atoms with Gasteiger partial charge in [0, 0.05) is 38.2 Å². The number of benzene rings is 3. The summed E-state index contributed by atoms with van der Waals surface area (Å²) < 4.78 is 28.3. The van der Waals surface area contributed by atoms with Crippen LogP contribution < -0.4 is 10.0 Å². The quantitative estimate of drug-likeness (QED) is 0.279. The Hall–Kier alpha value is -3.00. The van der Waals surface area contributed by atoms with Crippen molar-refractivity contribution >= 4 is 61.9 Å². The Kier molecular flexibility index (Phi) is 10.1. The van der Waals surface area contributed by atoms with Crippen molar-refractivity contribution in [2.45, 2.75) is 50.7 Å². The molecule has 4 rings (SSSR count). The van der Waals surface area contributed by atoms with Gasteiger partial charge in [0.1, 0.15) is 6.04 Å². The second-order valence-corrected chi connectivity index (χ2v) is 15.3. The molecule has 0 aromatic heterocycles. The Morgan fingerprint density at radius 1 is 0.955 bits per heavy atom. The largest absolute Gasteiger partial charge is 0.384 e. The molecular weight excluding hydrogens is 717 g/mol. The fraction of sp³-hybridized carbons (Fsp3) is 0.344. The smallest absolute Gasteiger partial charge is 0.265 e. The van der Waals surface area contributed by atoms with Gasteiger partial charge in [0.25, 0.3) is 21.8 Å². The molecule has 12 heteroatoms. The summed E-state index contributed by atoms with van der Waals surface area (Å²) in [6, 6.07) is 17.8. The number of carbonyl (C=O) groups is 3. The van der Waals surface area contributed by atoms with E-state index in [9.17, 15) is 27.9 Å². The number of nitrogens with zero attached hydrogens (tertiary/aromatic N) is 1. The predicted octanol–water partition coefficient (Wildman–Crippen LogP) is 4.96. The average Bonchev–Trinajstić information content (AvgIpc) is 2.97. The molecule has 9 nitrogen and oxygen atoms in total. The number of amides is 3. The Morgan fingerprint density at radius 3 is 2.11 bits per heavy atom. The zero-order chi connectivity index (χ0) is 32.4. The lowest BCUT2D eigenvalue weighted by Crippen LogP contribution is -2.60. The Labute approximate surface area is 276 Å². The van der Waals surface area contributed by atoms with Gasteiger partial charge in [-0.25, -0.2) is 13.1 Å². The number of aliphatic hydroxyl groups is 1. The van der Waals surface area contributed by atoms with Crippen LogP contribution in [0.15, 0.2) is 77.7 Å². The van der Waals surface area contributed by atoms with Crippen molar-refractivity contribution < 1.29 is 27.9 Å². The van der Waals surface area contributed by atoms with Crippen molar-refractivity contribution in [3.8, 4) is 0 Å². The second-order valence-electron chi connectivity index (χ2n) is 11.9. The molecule has 3 aromatic carbocycles. The molecule has 0 bridgehead atoms. The standard InChI is InChI=1S/C32H35ClIN3O6S/c1-20(2)27(30(40)37-17-16-32(41,31(3,4)19-37)23-8-10-24(33)11-9-23)35-28(38)21-6-5-7-22(18-21)29(39)36-44(42,43)26-14-12-25(34)13-15-26/h5-15,18,20,27,41H,16-17,19H2,1-4H3,(H,35,38)(H,36,39)/t27-,32+/m1/s1. The number of rotatable bonds is 8. The van der Waals surface area contributed by atoms with Crippen LogP contribution in [-0.2, 0) is 20.4 Å². The molecule has 3 aromatic rings. The van der Waals surface area contributed by atoms with E-state index < -0.39 is 38.9 Å². The van der Waals surface area contributed by atoms with Gasteiger partial charge < -0.3 is 15.3 Å². The summed E-state index contributed by atoms with van der Waals surface area (Å²) in [5, 5.41) is 15.1. The normalized spacial score (nSPS) is 18.9. The van der Waals surface area contributed by atoms with Gasteiger partial charge in [-0.3, -0.25) is 14.4 Å². The van der Waals surface area contributed by atoms with E-state index in [1.807, 2.05) is 55.0 Å². The maximum Gasteiger partial charge on any atom is 0.265 e. The van der Waals surface area contributed by atoms with Crippen LogP contribution in [0.25, 0.3) is 0 Å². The summed E-state index contributed by atoms with van der Waals surface area (Å²) in [5.41, 5.74) is -1.10. The van der Waals surface area contributed by atoms with Crippen LogP contribution in [0.1, 0.15) is 60.4 Å². The first-order valence-electron chi connectivity index (χ1n) is 14.0. The van der Waals surface area contributed by atoms with E-state index >= 15 is 0 Å². The van der Waals surface area contributed by atoms with E-state index in [1.165, 1.54) is 36.4 Å². The van der Waals surface area contributed by atoms with Crippen LogP contribution in [0.4, 0.5) is 0 Å². The number of hydrogen-bond acceptors (Lipinski definition) is 6. The molecule has 3 amide bonds. The lowest BCUT2D eigenvalue weighted by atomic mass is 9.66. The van der Waals surface area contributed by atoms with Gasteiger partial charge in [0.15, 0.2) is 0 Å². The molecular formula is C32H35ClIN3O6S. The molecule has 0 radical (unpaired) electrons. The summed E-state index contributed by atoms with van der Waals surface area (Å²) in [7, 11) is -4.13. The third-order valence-electron chi connectivity index (χ3n) is 8.04. The van der Waals surface area contributed by atoms with Crippen LogP contribution in [-0.4, -0.2) is 55.3 Å². The maximum atomic E-state index is 13.8. The molecule has 1 aliphatic heterocycles. The van der Waals surface area contributed by atoms with Gasteiger partial charge in [-0.2, -0.15) is 0 Å². The lowest BCUT2D eigenvalue weighted by molar-refractivity contribution is -0.155. The number of carbonyl (C=O) groups excluding carboxylic acids is 3. The summed E-state index contributed by atoms with van der Waals surface area (Å²) in [4.78, 5) is 41.5. The van der Waals surface area contributed by atoms with Crippen molar-refractivity contribution in [1.29, 1.82) is 0 Å². The third-order valence-corrected chi connectivity index (χ3v) is 10.4. The van der Waals surface area contributed by atoms with E-state index in [0.29, 0.717) is 11.4 Å². The topological polar surface area (TPSA) is 133 Å². The van der Waals surface area contributed by atoms with Gasteiger partial charge >= 0.3 is 0 Å². The second kappa shape index (κ2) is 13.2. The molecule has 1 saturated heterocycles. The van der Waals surface area contributed by atoms with Crippen LogP contribution in [0.2, 0.25) is 5.02 Å². The molecule has 2 atom stereocenters.